The third-order valence-electron chi connectivity index (χ3n) is 4.64. The van der Waals surface area contributed by atoms with E-state index in [1.807, 2.05) is 6.92 Å². The first-order chi connectivity index (χ1) is 8.15. The smallest absolute Gasteiger partial charge is 0.0662 e. The first-order valence-corrected chi connectivity index (χ1v) is 6.98. The summed E-state index contributed by atoms with van der Waals surface area (Å²) in [5.41, 5.74) is -0.488. The topological polar surface area (TPSA) is 47.3 Å². The van der Waals surface area contributed by atoms with Gasteiger partial charge >= 0.3 is 0 Å². The molecule has 1 heterocycles. The fraction of sp³-hybridized carbons (Fsp3) is 0.929. The van der Waals surface area contributed by atoms with E-state index in [0.29, 0.717) is 18.4 Å². The summed E-state index contributed by atoms with van der Waals surface area (Å²) in [7, 11) is 0. The normalized spacial score (nSPS) is 39.1. The Morgan fingerprint density at radius 1 is 1.35 bits per heavy atom. The van der Waals surface area contributed by atoms with Crippen LogP contribution in [-0.2, 0) is 0 Å². The monoisotopic (exact) mass is 236 g/mol. The summed E-state index contributed by atoms with van der Waals surface area (Å²) < 4.78 is 0. The van der Waals surface area contributed by atoms with Crippen LogP contribution in [0.2, 0.25) is 0 Å². The summed E-state index contributed by atoms with van der Waals surface area (Å²) >= 11 is 0. The molecule has 2 rings (SSSR count). The molecule has 1 saturated carbocycles. The van der Waals surface area contributed by atoms with Crippen molar-refractivity contribution in [2.45, 2.75) is 63.5 Å². The number of hydrogen-bond donors (Lipinski definition) is 1. The van der Waals surface area contributed by atoms with Crippen LogP contribution < -0.4 is 0 Å². The fourth-order valence-electron chi connectivity index (χ4n) is 3.73. The molecule has 1 saturated heterocycles. The number of rotatable bonds is 3. The van der Waals surface area contributed by atoms with Crippen LogP contribution in [0.25, 0.3) is 0 Å². The Balaban J connectivity index is 2.01. The zero-order valence-corrected chi connectivity index (χ0v) is 10.9. The molecule has 0 aromatic carbocycles. The van der Waals surface area contributed by atoms with Crippen molar-refractivity contribution in [1.29, 1.82) is 5.26 Å². The molecular weight excluding hydrogens is 212 g/mol. The Labute approximate surface area is 104 Å². The van der Waals surface area contributed by atoms with Gasteiger partial charge in [-0.05, 0) is 39.2 Å². The maximum Gasteiger partial charge on any atom is 0.0662 e. The van der Waals surface area contributed by atoms with Crippen molar-refractivity contribution in [2.75, 3.05) is 13.1 Å². The summed E-state index contributed by atoms with van der Waals surface area (Å²) in [6.07, 6.45) is 7.55. The van der Waals surface area contributed by atoms with Gasteiger partial charge in [-0.1, -0.05) is 12.8 Å². The van der Waals surface area contributed by atoms with E-state index in [4.69, 9.17) is 5.26 Å². The van der Waals surface area contributed by atoms with Gasteiger partial charge in [-0.15, -0.1) is 0 Å². The van der Waals surface area contributed by atoms with E-state index in [-0.39, 0.29) is 0 Å². The maximum absolute atomic E-state index is 10.5. The second-order valence-electron chi connectivity index (χ2n) is 5.86. The molecule has 0 aromatic rings. The highest BCUT2D eigenvalue weighted by molar-refractivity contribution is 4.96. The lowest BCUT2D eigenvalue weighted by Gasteiger charge is -2.43. The summed E-state index contributed by atoms with van der Waals surface area (Å²) in [4.78, 5) is 2.44. The molecule has 0 radical (unpaired) electrons. The van der Waals surface area contributed by atoms with Gasteiger partial charge in [0.15, 0.2) is 0 Å². The first-order valence-electron chi connectivity index (χ1n) is 6.98. The van der Waals surface area contributed by atoms with Crippen molar-refractivity contribution >= 4 is 0 Å². The van der Waals surface area contributed by atoms with E-state index >= 15 is 0 Å². The van der Waals surface area contributed by atoms with E-state index in [9.17, 15) is 5.11 Å². The van der Waals surface area contributed by atoms with Gasteiger partial charge in [0.05, 0.1) is 11.7 Å². The van der Waals surface area contributed by atoms with Gasteiger partial charge in [0.25, 0.3) is 0 Å². The molecule has 0 bridgehead atoms. The average Bonchev–Trinajstić information content (AvgIpc) is 2.73. The second kappa shape index (κ2) is 5.37. The van der Waals surface area contributed by atoms with E-state index in [0.717, 1.165) is 32.4 Å². The van der Waals surface area contributed by atoms with Gasteiger partial charge in [0, 0.05) is 24.9 Å². The Morgan fingerprint density at radius 2 is 2.18 bits per heavy atom. The summed E-state index contributed by atoms with van der Waals surface area (Å²) in [6, 6.07) is 2.75. The van der Waals surface area contributed by atoms with Crippen LogP contribution in [0.15, 0.2) is 0 Å². The fourth-order valence-corrected chi connectivity index (χ4v) is 3.73. The molecule has 3 unspecified atom stereocenters. The number of nitrogens with zero attached hydrogens (tertiary/aromatic N) is 2. The molecule has 2 fully saturated rings. The SMILES string of the molecule is CC1(O)CCCCC1C1CCCN1CCC#N. The van der Waals surface area contributed by atoms with Gasteiger partial charge in [0.1, 0.15) is 0 Å². The molecule has 0 spiro atoms. The minimum Gasteiger partial charge on any atom is -0.390 e. The molecule has 0 amide bonds. The average molecular weight is 236 g/mol. The Kier molecular flexibility index (Phi) is 4.06. The Bertz CT molecular complexity index is 295. The van der Waals surface area contributed by atoms with Crippen molar-refractivity contribution in [3.8, 4) is 6.07 Å². The molecule has 96 valence electrons. The summed E-state index contributed by atoms with van der Waals surface area (Å²) in [6.45, 7) is 4.00. The van der Waals surface area contributed by atoms with Crippen molar-refractivity contribution in [3.05, 3.63) is 0 Å². The molecule has 3 heteroatoms. The predicted molar refractivity (Wildman–Crippen MR) is 67.4 cm³/mol. The summed E-state index contributed by atoms with van der Waals surface area (Å²) in [5, 5.41) is 19.2. The van der Waals surface area contributed by atoms with E-state index < -0.39 is 5.60 Å². The highest BCUT2D eigenvalue weighted by atomic mass is 16.3. The van der Waals surface area contributed by atoms with Gasteiger partial charge < -0.3 is 5.11 Å². The zero-order valence-electron chi connectivity index (χ0n) is 10.9. The second-order valence-corrected chi connectivity index (χ2v) is 5.86. The van der Waals surface area contributed by atoms with Gasteiger partial charge in [-0.2, -0.15) is 5.26 Å². The molecule has 1 aliphatic heterocycles. The van der Waals surface area contributed by atoms with Crippen molar-refractivity contribution in [2.24, 2.45) is 5.92 Å². The largest absolute Gasteiger partial charge is 0.390 e. The van der Waals surface area contributed by atoms with Crippen LogP contribution in [0.3, 0.4) is 0 Å². The number of likely N-dealkylation sites (tertiary alicyclic amines) is 1. The number of hydrogen-bond acceptors (Lipinski definition) is 3. The zero-order chi connectivity index (χ0) is 12.3. The molecular formula is C14H24N2O. The highest BCUT2D eigenvalue weighted by Crippen LogP contribution is 2.40. The first kappa shape index (κ1) is 12.9. The lowest BCUT2D eigenvalue weighted by Crippen LogP contribution is -2.49. The number of nitriles is 1. The molecule has 1 N–H and O–H groups in total. The van der Waals surface area contributed by atoms with Crippen LogP contribution in [0.4, 0.5) is 0 Å². The van der Waals surface area contributed by atoms with Crippen molar-refractivity contribution in [3.63, 3.8) is 0 Å². The number of aliphatic hydroxyl groups is 1. The quantitative estimate of drug-likeness (QED) is 0.818. The molecule has 1 aliphatic carbocycles. The van der Waals surface area contributed by atoms with Gasteiger partial charge in [-0.25, -0.2) is 0 Å². The van der Waals surface area contributed by atoms with Crippen LogP contribution in [-0.4, -0.2) is 34.7 Å². The summed E-state index contributed by atoms with van der Waals surface area (Å²) in [5.74, 6) is 0.414. The van der Waals surface area contributed by atoms with Crippen molar-refractivity contribution < 1.29 is 5.11 Å². The third-order valence-corrected chi connectivity index (χ3v) is 4.64. The standard InChI is InChI=1S/C14H24N2O/c1-14(17)8-3-2-6-12(14)13-7-4-10-16(13)11-5-9-15/h12-13,17H,2-8,10-11H2,1H3. The van der Waals surface area contributed by atoms with Gasteiger partial charge in [-0.3, -0.25) is 4.90 Å². The Hall–Kier alpha value is -0.590. The predicted octanol–water partition coefficient (Wildman–Crippen LogP) is 2.31. The van der Waals surface area contributed by atoms with Crippen LogP contribution in [0.5, 0.6) is 0 Å². The van der Waals surface area contributed by atoms with E-state index in [2.05, 4.69) is 11.0 Å². The maximum atomic E-state index is 10.5. The van der Waals surface area contributed by atoms with Crippen LogP contribution >= 0.6 is 0 Å². The highest BCUT2D eigenvalue weighted by Gasteiger charge is 2.42. The minimum atomic E-state index is -0.488. The van der Waals surface area contributed by atoms with Crippen LogP contribution in [0, 0.1) is 17.2 Å². The lowest BCUT2D eigenvalue weighted by molar-refractivity contribution is -0.0614. The minimum absolute atomic E-state index is 0.414. The van der Waals surface area contributed by atoms with Crippen LogP contribution in [0.1, 0.15) is 51.9 Å². The molecule has 3 atom stereocenters. The van der Waals surface area contributed by atoms with Crippen molar-refractivity contribution in [1.82, 2.24) is 4.90 Å². The molecule has 17 heavy (non-hydrogen) atoms. The molecule has 3 nitrogen and oxygen atoms in total. The molecule has 2 aliphatic rings. The van der Waals surface area contributed by atoms with Gasteiger partial charge in [0.2, 0.25) is 0 Å². The Morgan fingerprint density at radius 3 is 2.88 bits per heavy atom. The van der Waals surface area contributed by atoms with E-state index in [1.54, 1.807) is 0 Å². The molecule has 0 aromatic heterocycles. The lowest BCUT2D eigenvalue weighted by atomic mass is 9.72. The van der Waals surface area contributed by atoms with E-state index in [1.165, 1.54) is 19.3 Å². The third kappa shape index (κ3) is 2.81.